The highest BCUT2D eigenvalue weighted by Gasteiger charge is 2.40. The SMILES string of the molecule is Cl.NC1CC2CCCC(C1)C2NC(=O)c1cc(-c2ccccc2Cl)on1. The van der Waals surface area contributed by atoms with Crippen molar-refractivity contribution in [2.45, 2.75) is 44.2 Å². The minimum atomic E-state index is -0.181. The minimum Gasteiger partial charge on any atom is -0.355 e. The maximum atomic E-state index is 12.7. The number of nitrogens with zero attached hydrogens (tertiary/aromatic N) is 1. The number of hydrogen-bond donors (Lipinski definition) is 2. The molecule has 1 heterocycles. The maximum Gasteiger partial charge on any atom is 0.273 e. The van der Waals surface area contributed by atoms with Crippen LogP contribution in [0.3, 0.4) is 0 Å². The lowest BCUT2D eigenvalue weighted by Crippen LogP contribution is -2.53. The number of rotatable bonds is 3. The Morgan fingerprint density at radius 2 is 1.92 bits per heavy atom. The van der Waals surface area contributed by atoms with Crippen LogP contribution in [0.5, 0.6) is 0 Å². The summed E-state index contributed by atoms with van der Waals surface area (Å²) in [5.41, 5.74) is 7.19. The average Bonchev–Trinajstić information content (AvgIpc) is 3.06. The molecular formula is C19H23Cl2N3O2. The summed E-state index contributed by atoms with van der Waals surface area (Å²) in [4.78, 5) is 12.7. The van der Waals surface area contributed by atoms with E-state index in [2.05, 4.69) is 10.5 Å². The van der Waals surface area contributed by atoms with E-state index in [-0.39, 0.29) is 30.4 Å². The van der Waals surface area contributed by atoms with E-state index in [9.17, 15) is 4.79 Å². The summed E-state index contributed by atoms with van der Waals surface area (Å²) in [6.07, 6.45) is 5.49. The van der Waals surface area contributed by atoms with Gasteiger partial charge >= 0.3 is 0 Å². The minimum absolute atomic E-state index is 0. The first kappa shape index (κ1) is 19.2. The van der Waals surface area contributed by atoms with E-state index < -0.39 is 0 Å². The second kappa shape index (κ2) is 7.99. The number of hydrogen-bond acceptors (Lipinski definition) is 4. The summed E-state index contributed by atoms with van der Waals surface area (Å²) in [5.74, 6) is 1.27. The molecule has 1 aromatic heterocycles. The number of aromatic nitrogens is 1. The van der Waals surface area contributed by atoms with Gasteiger partial charge in [-0.2, -0.15) is 0 Å². The molecule has 2 atom stereocenters. The van der Waals surface area contributed by atoms with Gasteiger partial charge in [0, 0.05) is 23.7 Å². The van der Waals surface area contributed by atoms with Crippen LogP contribution in [0.4, 0.5) is 0 Å². The van der Waals surface area contributed by atoms with Crippen molar-refractivity contribution in [3.05, 3.63) is 41.0 Å². The second-order valence-electron chi connectivity index (χ2n) is 7.24. The zero-order valence-corrected chi connectivity index (χ0v) is 15.9. The van der Waals surface area contributed by atoms with Crippen LogP contribution < -0.4 is 11.1 Å². The lowest BCUT2D eigenvalue weighted by Gasteiger charge is -2.45. The first-order valence-corrected chi connectivity index (χ1v) is 9.27. The third kappa shape index (κ3) is 3.75. The first-order chi connectivity index (χ1) is 12.1. The van der Waals surface area contributed by atoms with Gasteiger partial charge < -0.3 is 15.6 Å². The highest BCUT2D eigenvalue weighted by atomic mass is 35.5. The monoisotopic (exact) mass is 395 g/mol. The molecule has 1 amide bonds. The molecule has 2 aromatic rings. The fourth-order valence-corrected chi connectivity index (χ4v) is 4.65. The van der Waals surface area contributed by atoms with Gasteiger partial charge in [0.25, 0.3) is 5.91 Å². The molecule has 2 fully saturated rings. The van der Waals surface area contributed by atoms with Crippen LogP contribution in [0.2, 0.25) is 5.02 Å². The van der Waals surface area contributed by atoms with E-state index in [4.69, 9.17) is 21.9 Å². The van der Waals surface area contributed by atoms with Crippen LogP contribution in [0.15, 0.2) is 34.9 Å². The lowest BCUT2D eigenvalue weighted by atomic mass is 9.67. The van der Waals surface area contributed by atoms with Crippen molar-refractivity contribution in [2.24, 2.45) is 17.6 Å². The van der Waals surface area contributed by atoms with Gasteiger partial charge in [0.15, 0.2) is 11.5 Å². The van der Waals surface area contributed by atoms with Crippen LogP contribution in [-0.4, -0.2) is 23.1 Å². The average molecular weight is 396 g/mol. The molecule has 0 radical (unpaired) electrons. The Balaban J connectivity index is 0.00000196. The van der Waals surface area contributed by atoms with E-state index >= 15 is 0 Å². The molecule has 1 aromatic carbocycles. The van der Waals surface area contributed by atoms with Gasteiger partial charge in [-0.3, -0.25) is 4.79 Å². The van der Waals surface area contributed by atoms with E-state index in [1.807, 2.05) is 18.2 Å². The molecule has 3 N–H and O–H groups in total. The molecule has 0 aliphatic heterocycles. The predicted molar refractivity (Wildman–Crippen MR) is 103 cm³/mol. The van der Waals surface area contributed by atoms with Crippen LogP contribution in [0.25, 0.3) is 11.3 Å². The van der Waals surface area contributed by atoms with Crippen LogP contribution in [0, 0.1) is 11.8 Å². The molecule has 26 heavy (non-hydrogen) atoms. The standard InChI is InChI=1S/C19H22ClN3O2.ClH/c20-15-7-2-1-6-14(15)17-10-16(23-25-17)19(24)22-18-11-4-3-5-12(18)9-13(21)8-11;/h1-2,6-7,10-13,18H,3-5,8-9,21H2,(H,22,24);1H. The van der Waals surface area contributed by atoms with Crippen molar-refractivity contribution in [3.63, 3.8) is 0 Å². The lowest BCUT2D eigenvalue weighted by molar-refractivity contribution is 0.0748. The van der Waals surface area contributed by atoms with Gasteiger partial charge in [0.05, 0.1) is 5.02 Å². The molecule has 4 rings (SSSR count). The molecule has 2 unspecified atom stereocenters. The number of nitrogens with two attached hydrogens (primary N) is 1. The molecular weight excluding hydrogens is 373 g/mol. The normalized spacial score (nSPS) is 27.5. The van der Waals surface area contributed by atoms with Crippen molar-refractivity contribution in [1.82, 2.24) is 10.5 Å². The Hall–Kier alpha value is -1.56. The third-order valence-electron chi connectivity index (χ3n) is 5.56. The second-order valence-corrected chi connectivity index (χ2v) is 7.65. The molecule has 140 valence electrons. The summed E-state index contributed by atoms with van der Waals surface area (Å²) in [5, 5.41) is 7.70. The van der Waals surface area contributed by atoms with Crippen LogP contribution in [0.1, 0.15) is 42.6 Å². The molecule has 5 nitrogen and oxygen atoms in total. The molecule has 7 heteroatoms. The number of fused-ring (bicyclic) bond motifs is 2. The van der Waals surface area contributed by atoms with Crippen LogP contribution >= 0.6 is 24.0 Å². The number of carbonyl (C=O) groups excluding carboxylic acids is 1. The van der Waals surface area contributed by atoms with E-state index in [1.54, 1.807) is 12.1 Å². The Labute approximate surface area is 164 Å². The fourth-order valence-electron chi connectivity index (χ4n) is 4.42. The highest BCUT2D eigenvalue weighted by Crippen LogP contribution is 2.39. The Bertz CT molecular complexity index is 766. The number of nitrogens with one attached hydrogen (secondary N) is 1. The predicted octanol–water partition coefficient (Wildman–Crippen LogP) is 4.05. The van der Waals surface area contributed by atoms with Gasteiger partial charge in [-0.15, -0.1) is 12.4 Å². The van der Waals surface area contributed by atoms with E-state index in [1.165, 1.54) is 6.42 Å². The Morgan fingerprint density at radius 3 is 2.62 bits per heavy atom. The van der Waals surface area contributed by atoms with E-state index in [0.717, 1.165) is 31.2 Å². The number of benzene rings is 1. The topological polar surface area (TPSA) is 81.1 Å². The Kier molecular flexibility index (Phi) is 5.90. The first-order valence-electron chi connectivity index (χ1n) is 8.90. The number of amides is 1. The zero-order chi connectivity index (χ0) is 17.4. The van der Waals surface area contributed by atoms with Crippen molar-refractivity contribution in [2.75, 3.05) is 0 Å². The summed E-state index contributed by atoms with van der Waals surface area (Å²) >= 11 is 6.18. The van der Waals surface area contributed by atoms with E-state index in [0.29, 0.717) is 28.3 Å². The molecule has 0 spiro atoms. The zero-order valence-electron chi connectivity index (χ0n) is 14.4. The summed E-state index contributed by atoms with van der Waals surface area (Å²) in [7, 11) is 0. The van der Waals surface area contributed by atoms with Gasteiger partial charge in [-0.25, -0.2) is 0 Å². The molecule has 2 aliphatic rings. The molecule has 2 saturated carbocycles. The smallest absolute Gasteiger partial charge is 0.273 e. The van der Waals surface area contributed by atoms with Gasteiger partial charge in [0.2, 0.25) is 0 Å². The summed E-state index contributed by atoms with van der Waals surface area (Å²) < 4.78 is 5.34. The van der Waals surface area contributed by atoms with Gasteiger partial charge in [-0.1, -0.05) is 35.3 Å². The van der Waals surface area contributed by atoms with Crippen molar-refractivity contribution < 1.29 is 9.32 Å². The van der Waals surface area contributed by atoms with Crippen molar-refractivity contribution in [3.8, 4) is 11.3 Å². The third-order valence-corrected chi connectivity index (χ3v) is 5.89. The van der Waals surface area contributed by atoms with Crippen molar-refractivity contribution >= 4 is 29.9 Å². The van der Waals surface area contributed by atoms with Gasteiger partial charge in [0.1, 0.15) is 0 Å². The molecule has 0 saturated heterocycles. The number of halogens is 2. The largest absolute Gasteiger partial charge is 0.355 e. The summed E-state index contributed by atoms with van der Waals surface area (Å²) in [6, 6.07) is 9.46. The highest BCUT2D eigenvalue weighted by molar-refractivity contribution is 6.33. The molecule has 2 bridgehead atoms. The fraction of sp³-hybridized carbons (Fsp3) is 0.474. The Morgan fingerprint density at radius 1 is 1.23 bits per heavy atom. The molecule has 2 aliphatic carbocycles. The van der Waals surface area contributed by atoms with Gasteiger partial charge in [-0.05, 0) is 49.7 Å². The maximum absolute atomic E-state index is 12.7. The quantitative estimate of drug-likeness (QED) is 0.820. The van der Waals surface area contributed by atoms with Crippen LogP contribution in [-0.2, 0) is 0 Å². The summed E-state index contributed by atoms with van der Waals surface area (Å²) in [6.45, 7) is 0. The van der Waals surface area contributed by atoms with Crippen molar-refractivity contribution in [1.29, 1.82) is 0 Å². The number of carbonyl (C=O) groups is 1.